The Morgan fingerprint density at radius 3 is 2.80 bits per heavy atom. The summed E-state index contributed by atoms with van der Waals surface area (Å²) < 4.78 is 18.4. The molecule has 2 aromatic rings. The number of benzene rings is 1. The number of anilines is 1. The highest BCUT2D eigenvalue weighted by molar-refractivity contribution is 7.17. The summed E-state index contributed by atoms with van der Waals surface area (Å²) in [4.78, 5) is 17.9. The highest BCUT2D eigenvalue weighted by atomic mass is 32.1. The molecule has 6 heteroatoms. The average molecular weight is 294 g/mol. The lowest BCUT2D eigenvalue weighted by atomic mass is 10.1. The summed E-state index contributed by atoms with van der Waals surface area (Å²) in [6.45, 7) is 1.89. The van der Waals surface area contributed by atoms with Crippen LogP contribution in [-0.2, 0) is 4.74 Å². The Hall–Kier alpha value is -1.95. The Balaban J connectivity index is 2.23. The van der Waals surface area contributed by atoms with Crippen molar-refractivity contribution >= 4 is 22.4 Å². The van der Waals surface area contributed by atoms with Crippen molar-refractivity contribution in [2.75, 3.05) is 19.1 Å². The molecule has 1 aromatic heterocycles. The summed E-state index contributed by atoms with van der Waals surface area (Å²) >= 11 is 1.22. The second kappa shape index (κ2) is 6.00. The minimum absolute atomic E-state index is 0.187. The highest BCUT2D eigenvalue weighted by Gasteiger charge is 2.19. The Morgan fingerprint density at radius 2 is 2.15 bits per heavy atom. The Labute approximate surface area is 120 Å². The van der Waals surface area contributed by atoms with Crippen LogP contribution in [0, 0.1) is 5.82 Å². The van der Waals surface area contributed by atoms with Gasteiger partial charge in [0.2, 0.25) is 0 Å². The van der Waals surface area contributed by atoms with Crippen LogP contribution in [0.25, 0.3) is 0 Å². The van der Waals surface area contributed by atoms with Gasteiger partial charge in [-0.2, -0.15) is 0 Å². The third-order valence-corrected chi connectivity index (χ3v) is 4.19. The van der Waals surface area contributed by atoms with Gasteiger partial charge in [0.25, 0.3) is 0 Å². The standard InChI is InChI=1S/C14H15FN2O2S/c1-9(10-6-4-5-7-11(10)15)17(2)14-16-8-12(20-14)13(18)19-3/h4-9H,1-3H3. The molecule has 0 radical (unpaired) electrons. The van der Waals surface area contributed by atoms with E-state index in [1.807, 2.05) is 18.9 Å². The number of nitrogens with zero attached hydrogens (tertiary/aromatic N) is 2. The quantitative estimate of drug-likeness (QED) is 0.812. The lowest BCUT2D eigenvalue weighted by Crippen LogP contribution is -2.22. The number of halogens is 1. The maximum atomic E-state index is 13.8. The maximum Gasteiger partial charge on any atom is 0.349 e. The van der Waals surface area contributed by atoms with Crippen molar-refractivity contribution in [3.8, 4) is 0 Å². The molecule has 0 amide bonds. The van der Waals surface area contributed by atoms with Crippen LogP contribution in [0.4, 0.5) is 9.52 Å². The molecule has 1 aromatic carbocycles. The number of ether oxygens (including phenoxy) is 1. The van der Waals surface area contributed by atoms with E-state index in [4.69, 9.17) is 0 Å². The molecule has 0 saturated heterocycles. The summed E-state index contributed by atoms with van der Waals surface area (Å²) in [5, 5.41) is 0.640. The zero-order valence-corrected chi connectivity index (χ0v) is 12.3. The van der Waals surface area contributed by atoms with Crippen molar-refractivity contribution in [3.05, 3.63) is 46.7 Å². The van der Waals surface area contributed by atoms with Gasteiger partial charge in [-0.3, -0.25) is 0 Å². The predicted molar refractivity (Wildman–Crippen MR) is 76.7 cm³/mol. The summed E-state index contributed by atoms with van der Waals surface area (Å²) in [6.07, 6.45) is 1.47. The molecule has 0 fully saturated rings. The topological polar surface area (TPSA) is 42.4 Å². The molecule has 106 valence electrons. The lowest BCUT2D eigenvalue weighted by molar-refractivity contribution is 0.0606. The van der Waals surface area contributed by atoms with Gasteiger partial charge >= 0.3 is 5.97 Å². The van der Waals surface area contributed by atoms with Crippen molar-refractivity contribution in [1.29, 1.82) is 0 Å². The Kier molecular flexibility index (Phi) is 4.34. The largest absolute Gasteiger partial charge is 0.465 e. The van der Waals surface area contributed by atoms with Crippen LogP contribution in [0.5, 0.6) is 0 Å². The molecule has 1 heterocycles. The number of rotatable bonds is 4. The monoisotopic (exact) mass is 294 g/mol. The van der Waals surface area contributed by atoms with E-state index in [0.717, 1.165) is 0 Å². The van der Waals surface area contributed by atoms with Gasteiger partial charge in [0, 0.05) is 12.6 Å². The fourth-order valence-electron chi connectivity index (χ4n) is 1.81. The zero-order chi connectivity index (χ0) is 14.7. The van der Waals surface area contributed by atoms with Gasteiger partial charge in [-0.05, 0) is 13.0 Å². The minimum Gasteiger partial charge on any atom is -0.465 e. The van der Waals surface area contributed by atoms with Gasteiger partial charge < -0.3 is 9.64 Å². The third-order valence-electron chi connectivity index (χ3n) is 3.12. The molecule has 1 atom stereocenters. The average Bonchev–Trinajstić information content (AvgIpc) is 2.95. The van der Waals surface area contributed by atoms with Crippen LogP contribution in [0.15, 0.2) is 30.5 Å². The van der Waals surface area contributed by atoms with E-state index in [0.29, 0.717) is 15.6 Å². The van der Waals surface area contributed by atoms with E-state index in [9.17, 15) is 9.18 Å². The predicted octanol–water partition coefficient (Wildman–Crippen LogP) is 3.27. The van der Waals surface area contributed by atoms with E-state index in [1.54, 1.807) is 18.2 Å². The molecule has 2 rings (SSSR count). The molecule has 20 heavy (non-hydrogen) atoms. The SMILES string of the molecule is COC(=O)c1cnc(N(C)C(C)c2ccccc2F)s1. The van der Waals surface area contributed by atoms with Gasteiger partial charge in [-0.15, -0.1) is 0 Å². The van der Waals surface area contributed by atoms with Gasteiger partial charge in [0.05, 0.1) is 19.3 Å². The van der Waals surface area contributed by atoms with Crippen molar-refractivity contribution in [3.63, 3.8) is 0 Å². The van der Waals surface area contributed by atoms with Crippen LogP contribution in [-0.4, -0.2) is 25.1 Å². The van der Waals surface area contributed by atoms with Crippen LogP contribution in [0.1, 0.15) is 28.2 Å². The third kappa shape index (κ3) is 2.80. The van der Waals surface area contributed by atoms with Crippen LogP contribution < -0.4 is 4.90 Å². The summed E-state index contributed by atoms with van der Waals surface area (Å²) in [5.41, 5.74) is 0.588. The first-order valence-electron chi connectivity index (χ1n) is 6.06. The first-order chi connectivity index (χ1) is 9.54. The van der Waals surface area contributed by atoms with Crippen molar-refractivity contribution in [2.45, 2.75) is 13.0 Å². The Morgan fingerprint density at radius 1 is 1.45 bits per heavy atom. The van der Waals surface area contributed by atoms with Crippen molar-refractivity contribution < 1.29 is 13.9 Å². The van der Waals surface area contributed by atoms with E-state index >= 15 is 0 Å². The number of carbonyl (C=O) groups excluding carboxylic acids is 1. The smallest absolute Gasteiger partial charge is 0.349 e. The molecular formula is C14H15FN2O2S. The van der Waals surface area contributed by atoms with Crippen molar-refractivity contribution in [2.24, 2.45) is 0 Å². The second-order valence-electron chi connectivity index (χ2n) is 4.31. The summed E-state index contributed by atoms with van der Waals surface area (Å²) in [7, 11) is 3.14. The molecular weight excluding hydrogens is 279 g/mol. The number of hydrogen-bond donors (Lipinski definition) is 0. The zero-order valence-electron chi connectivity index (χ0n) is 11.5. The van der Waals surface area contributed by atoms with Crippen LogP contribution >= 0.6 is 11.3 Å². The molecule has 0 N–H and O–H groups in total. The van der Waals surface area contributed by atoms with E-state index < -0.39 is 5.97 Å². The first kappa shape index (κ1) is 14.5. The number of carbonyl (C=O) groups is 1. The second-order valence-corrected chi connectivity index (χ2v) is 5.32. The number of hydrogen-bond acceptors (Lipinski definition) is 5. The minimum atomic E-state index is -0.416. The molecule has 4 nitrogen and oxygen atoms in total. The number of aromatic nitrogens is 1. The van der Waals surface area contributed by atoms with Gasteiger partial charge in [-0.1, -0.05) is 29.5 Å². The molecule has 0 spiro atoms. The van der Waals surface area contributed by atoms with E-state index in [1.165, 1.54) is 30.7 Å². The first-order valence-corrected chi connectivity index (χ1v) is 6.87. The van der Waals surface area contributed by atoms with Gasteiger partial charge in [0.15, 0.2) is 5.13 Å². The molecule has 1 unspecified atom stereocenters. The fourth-order valence-corrected chi connectivity index (χ4v) is 2.69. The van der Waals surface area contributed by atoms with Crippen LogP contribution in [0.3, 0.4) is 0 Å². The molecule has 0 aliphatic heterocycles. The maximum absolute atomic E-state index is 13.8. The lowest BCUT2D eigenvalue weighted by Gasteiger charge is -2.24. The highest BCUT2D eigenvalue weighted by Crippen LogP contribution is 2.30. The fraction of sp³-hybridized carbons (Fsp3) is 0.286. The summed E-state index contributed by atoms with van der Waals surface area (Å²) in [5.74, 6) is -0.669. The van der Waals surface area contributed by atoms with Crippen molar-refractivity contribution in [1.82, 2.24) is 4.98 Å². The summed E-state index contributed by atoms with van der Waals surface area (Å²) in [6, 6.07) is 6.44. The molecule has 0 bridgehead atoms. The molecule has 0 saturated carbocycles. The normalized spacial score (nSPS) is 12.0. The number of esters is 1. The molecule has 0 aliphatic carbocycles. The van der Waals surface area contributed by atoms with Gasteiger partial charge in [0.1, 0.15) is 10.7 Å². The number of methoxy groups -OCH3 is 1. The van der Waals surface area contributed by atoms with E-state index in [2.05, 4.69) is 9.72 Å². The Bertz CT molecular complexity index is 615. The van der Waals surface area contributed by atoms with Gasteiger partial charge in [-0.25, -0.2) is 14.2 Å². The molecule has 0 aliphatic rings. The van der Waals surface area contributed by atoms with Crippen LogP contribution in [0.2, 0.25) is 0 Å². The number of thiazole rings is 1. The van der Waals surface area contributed by atoms with E-state index in [-0.39, 0.29) is 11.9 Å².